The minimum Gasteiger partial charge on any atom is -0.378 e. The van der Waals surface area contributed by atoms with Crippen LogP contribution in [0.4, 0.5) is 4.39 Å². The van der Waals surface area contributed by atoms with Gasteiger partial charge in [0.25, 0.3) is 0 Å². The minimum absolute atomic E-state index is 0.264. The Morgan fingerprint density at radius 1 is 1.56 bits per heavy atom. The third kappa shape index (κ3) is 3.20. The third-order valence-corrected chi connectivity index (χ3v) is 3.64. The van der Waals surface area contributed by atoms with Gasteiger partial charge in [-0.1, -0.05) is 11.6 Å². The molecule has 0 aromatic heterocycles. The number of rotatable bonds is 5. The summed E-state index contributed by atoms with van der Waals surface area (Å²) in [5, 5.41) is 3.81. The van der Waals surface area contributed by atoms with Crippen LogP contribution in [0.25, 0.3) is 0 Å². The molecular formula is C13H17ClFNO2. The van der Waals surface area contributed by atoms with E-state index in [0.29, 0.717) is 24.7 Å². The molecule has 0 spiro atoms. The van der Waals surface area contributed by atoms with Gasteiger partial charge in [-0.3, -0.25) is 0 Å². The van der Waals surface area contributed by atoms with Gasteiger partial charge in [-0.25, -0.2) is 4.39 Å². The van der Waals surface area contributed by atoms with Gasteiger partial charge in [0.05, 0.1) is 6.61 Å². The average molecular weight is 274 g/mol. The standard InChI is InChI=1S/C13H17ClFNO2/c1-17-13(4-5-18-9-13)8-16-7-10-6-11(15)2-3-12(10)14/h2-3,6,16H,4-5,7-9H2,1H3. The van der Waals surface area contributed by atoms with Crippen molar-refractivity contribution in [3.8, 4) is 0 Å². The van der Waals surface area contributed by atoms with Gasteiger partial charge < -0.3 is 14.8 Å². The van der Waals surface area contributed by atoms with Crippen LogP contribution in [0.15, 0.2) is 18.2 Å². The summed E-state index contributed by atoms with van der Waals surface area (Å²) in [6.45, 7) is 2.49. The first-order valence-corrected chi connectivity index (χ1v) is 6.31. The number of halogens is 2. The van der Waals surface area contributed by atoms with E-state index in [1.807, 2.05) is 0 Å². The maximum atomic E-state index is 13.1. The normalized spacial score (nSPS) is 23.5. The van der Waals surface area contributed by atoms with Gasteiger partial charge in [0.1, 0.15) is 11.4 Å². The highest BCUT2D eigenvalue weighted by Crippen LogP contribution is 2.22. The predicted octanol–water partition coefficient (Wildman–Crippen LogP) is 2.37. The van der Waals surface area contributed by atoms with Gasteiger partial charge in [-0.05, 0) is 23.8 Å². The maximum absolute atomic E-state index is 13.1. The van der Waals surface area contributed by atoms with Gasteiger partial charge in [-0.2, -0.15) is 0 Å². The molecule has 0 radical (unpaired) electrons. The van der Waals surface area contributed by atoms with Gasteiger partial charge in [0.15, 0.2) is 0 Å². The molecule has 2 rings (SSSR count). The molecule has 1 atom stereocenters. The Kier molecular flexibility index (Phi) is 4.56. The van der Waals surface area contributed by atoms with Crippen molar-refractivity contribution in [2.24, 2.45) is 0 Å². The van der Waals surface area contributed by atoms with Crippen molar-refractivity contribution in [3.05, 3.63) is 34.6 Å². The number of methoxy groups -OCH3 is 1. The van der Waals surface area contributed by atoms with Crippen LogP contribution in [-0.2, 0) is 16.0 Å². The molecule has 1 fully saturated rings. The van der Waals surface area contributed by atoms with Crippen molar-refractivity contribution in [2.75, 3.05) is 26.9 Å². The Labute approximate surface area is 111 Å². The van der Waals surface area contributed by atoms with Crippen molar-refractivity contribution in [1.82, 2.24) is 5.32 Å². The van der Waals surface area contributed by atoms with Crippen LogP contribution in [0, 0.1) is 5.82 Å². The van der Waals surface area contributed by atoms with Crippen molar-refractivity contribution in [1.29, 1.82) is 0 Å². The summed E-state index contributed by atoms with van der Waals surface area (Å²) in [7, 11) is 1.69. The molecule has 1 N–H and O–H groups in total. The van der Waals surface area contributed by atoms with E-state index < -0.39 is 0 Å². The summed E-state index contributed by atoms with van der Waals surface area (Å²) < 4.78 is 23.9. The molecule has 0 saturated carbocycles. The SMILES string of the molecule is COC1(CNCc2cc(F)ccc2Cl)CCOC1. The van der Waals surface area contributed by atoms with Gasteiger partial charge in [0, 0.05) is 38.2 Å². The van der Waals surface area contributed by atoms with E-state index in [2.05, 4.69) is 5.32 Å². The highest BCUT2D eigenvalue weighted by Gasteiger charge is 2.34. The molecule has 5 heteroatoms. The fourth-order valence-corrected chi connectivity index (χ4v) is 2.25. The van der Waals surface area contributed by atoms with Crippen molar-refractivity contribution in [3.63, 3.8) is 0 Å². The van der Waals surface area contributed by atoms with Gasteiger partial charge in [0.2, 0.25) is 0 Å². The second-order valence-electron chi connectivity index (χ2n) is 4.53. The summed E-state index contributed by atoms with van der Waals surface area (Å²) in [4.78, 5) is 0. The summed E-state index contributed by atoms with van der Waals surface area (Å²) in [6.07, 6.45) is 0.868. The largest absolute Gasteiger partial charge is 0.378 e. The van der Waals surface area contributed by atoms with Crippen molar-refractivity contribution < 1.29 is 13.9 Å². The van der Waals surface area contributed by atoms with E-state index >= 15 is 0 Å². The lowest BCUT2D eigenvalue weighted by Gasteiger charge is -2.26. The summed E-state index contributed by atoms with van der Waals surface area (Å²) >= 11 is 6.00. The Hall–Kier alpha value is -0.680. The first-order valence-electron chi connectivity index (χ1n) is 5.93. The average Bonchev–Trinajstić information content (AvgIpc) is 2.83. The molecule has 1 aromatic carbocycles. The topological polar surface area (TPSA) is 30.5 Å². The van der Waals surface area contributed by atoms with Crippen LogP contribution in [0.1, 0.15) is 12.0 Å². The molecule has 1 aromatic rings. The molecule has 1 heterocycles. The summed E-state index contributed by atoms with van der Waals surface area (Å²) in [5.41, 5.74) is 0.488. The molecule has 0 aliphatic carbocycles. The Morgan fingerprint density at radius 3 is 3.06 bits per heavy atom. The second-order valence-corrected chi connectivity index (χ2v) is 4.94. The lowest BCUT2D eigenvalue weighted by molar-refractivity contribution is -0.0159. The van der Waals surface area contributed by atoms with E-state index in [1.165, 1.54) is 12.1 Å². The lowest BCUT2D eigenvalue weighted by atomic mass is 10.0. The highest BCUT2D eigenvalue weighted by molar-refractivity contribution is 6.31. The van der Waals surface area contributed by atoms with Crippen LogP contribution in [0.3, 0.4) is 0 Å². The molecule has 100 valence electrons. The highest BCUT2D eigenvalue weighted by atomic mass is 35.5. The Morgan fingerprint density at radius 2 is 2.39 bits per heavy atom. The van der Waals surface area contributed by atoms with E-state index in [1.54, 1.807) is 13.2 Å². The number of ether oxygens (including phenoxy) is 2. The number of hydrogen-bond acceptors (Lipinski definition) is 3. The van der Waals surface area contributed by atoms with Gasteiger partial charge >= 0.3 is 0 Å². The molecule has 1 saturated heterocycles. The molecule has 18 heavy (non-hydrogen) atoms. The molecule has 0 bridgehead atoms. The van der Waals surface area contributed by atoms with Gasteiger partial charge in [-0.15, -0.1) is 0 Å². The van der Waals surface area contributed by atoms with E-state index in [-0.39, 0.29) is 11.4 Å². The lowest BCUT2D eigenvalue weighted by Crippen LogP contribution is -2.42. The monoisotopic (exact) mass is 273 g/mol. The summed E-state index contributed by atoms with van der Waals surface area (Å²) in [5.74, 6) is -0.276. The van der Waals surface area contributed by atoms with Crippen molar-refractivity contribution >= 4 is 11.6 Å². The Bertz CT molecular complexity index is 408. The number of hydrogen-bond donors (Lipinski definition) is 1. The van der Waals surface area contributed by atoms with Crippen molar-refractivity contribution in [2.45, 2.75) is 18.6 Å². The molecule has 0 amide bonds. The Balaban J connectivity index is 1.89. The zero-order valence-electron chi connectivity index (χ0n) is 10.3. The fraction of sp³-hybridized carbons (Fsp3) is 0.538. The smallest absolute Gasteiger partial charge is 0.123 e. The van der Waals surface area contributed by atoms with E-state index in [9.17, 15) is 4.39 Å². The molecule has 1 aliphatic rings. The first kappa shape index (κ1) is 13.7. The third-order valence-electron chi connectivity index (χ3n) is 3.27. The zero-order chi connectivity index (χ0) is 13.0. The first-order chi connectivity index (χ1) is 8.65. The summed E-state index contributed by atoms with van der Waals surface area (Å²) in [6, 6.07) is 4.37. The molecule has 3 nitrogen and oxygen atoms in total. The second kappa shape index (κ2) is 5.97. The quantitative estimate of drug-likeness (QED) is 0.893. The number of nitrogens with one attached hydrogen (secondary N) is 1. The number of benzene rings is 1. The maximum Gasteiger partial charge on any atom is 0.123 e. The van der Waals surface area contributed by atoms with Crippen LogP contribution in [0.5, 0.6) is 0 Å². The van der Waals surface area contributed by atoms with E-state index in [0.717, 1.165) is 18.6 Å². The van der Waals surface area contributed by atoms with Crippen LogP contribution < -0.4 is 5.32 Å². The zero-order valence-corrected chi connectivity index (χ0v) is 11.1. The van der Waals surface area contributed by atoms with Crippen LogP contribution >= 0.6 is 11.6 Å². The van der Waals surface area contributed by atoms with Crippen LogP contribution in [-0.4, -0.2) is 32.5 Å². The minimum atomic E-state index is -0.276. The molecule has 1 aliphatic heterocycles. The fourth-order valence-electron chi connectivity index (χ4n) is 2.06. The molecule has 1 unspecified atom stereocenters. The molecular weight excluding hydrogens is 257 g/mol. The predicted molar refractivity (Wildman–Crippen MR) is 68.3 cm³/mol. The van der Waals surface area contributed by atoms with E-state index in [4.69, 9.17) is 21.1 Å². The van der Waals surface area contributed by atoms with Crippen LogP contribution in [0.2, 0.25) is 5.02 Å².